The van der Waals surface area contributed by atoms with Crippen LogP contribution in [0, 0.1) is 11.3 Å². The second kappa shape index (κ2) is 4.63. The molecule has 0 aromatic rings. The van der Waals surface area contributed by atoms with Gasteiger partial charge in [0.15, 0.2) is 0 Å². The summed E-state index contributed by atoms with van der Waals surface area (Å²) in [6, 6.07) is 0.535. The van der Waals surface area contributed by atoms with Crippen LogP contribution in [-0.4, -0.2) is 30.6 Å². The third kappa shape index (κ3) is 3.25. The summed E-state index contributed by atoms with van der Waals surface area (Å²) >= 11 is 0. The first kappa shape index (κ1) is 12.0. The van der Waals surface area contributed by atoms with Crippen LogP contribution < -0.4 is 5.73 Å². The molecule has 0 spiro atoms. The van der Waals surface area contributed by atoms with Crippen LogP contribution in [0.25, 0.3) is 0 Å². The van der Waals surface area contributed by atoms with Gasteiger partial charge < -0.3 is 5.73 Å². The van der Waals surface area contributed by atoms with Gasteiger partial charge >= 0.3 is 0 Å². The van der Waals surface area contributed by atoms with Crippen LogP contribution in [0.15, 0.2) is 0 Å². The molecule has 0 aliphatic heterocycles. The minimum Gasteiger partial charge on any atom is -0.329 e. The molecule has 1 atom stereocenters. The number of rotatable bonds is 5. The van der Waals surface area contributed by atoms with Crippen LogP contribution in [0.2, 0.25) is 0 Å². The van der Waals surface area contributed by atoms with Crippen molar-refractivity contribution in [2.75, 3.05) is 19.6 Å². The predicted octanol–water partition coefficient (Wildman–Crippen LogP) is 2.09. The molecule has 1 unspecified atom stereocenters. The first-order valence-corrected chi connectivity index (χ1v) is 5.93. The summed E-state index contributed by atoms with van der Waals surface area (Å²) in [7, 11) is 0. The molecular formula is C12H26N2. The zero-order chi connectivity index (χ0) is 10.8. The molecule has 1 saturated carbocycles. The lowest BCUT2D eigenvalue weighted by molar-refractivity contribution is 0.105. The topological polar surface area (TPSA) is 29.3 Å². The van der Waals surface area contributed by atoms with Crippen molar-refractivity contribution in [1.82, 2.24) is 4.90 Å². The maximum Gasteiger partial charge on any atom is 0.0266 e. The molecule has 0 aromatic heterocycles. The molecule has 84 valence electrons. The molecule has 1 aliphatic carbocycles. The Morgan fingerprint density at radius 2 is 1.93 bits per heavy atom. The Morgan fingerprint density at radius 3 is 2.21 bits per heavy atom. The second-order valence-electron chi connectivity index (χ2n) is 5.65. The fraction of sp³-hybridized carbons (Fsp3) is 1.00. The van der Waals surface area contributed by atoms with Crippen molar-refractivity contribution in [2.24, 2.45) is 17.1 Å². The summed E-state index contributed by atoms with van der Waals surface area (Å²) in [6.45, 7) is 12.3. The van der Waals surface area contributed by atoms with Gasteiger partial charge in [0.2, 0.25) is 0 Å². The molecule has 0 aromatic carbocycles. The summed E-state index contributed by atoms with van der Waals surface area (Å²) in [6.07, 6.45) is 2.86. The van der Waals surface area contributed by atoms with E-state index in [-0.39, 0.29) is 0 Å². The zero-order valence-corrected chi connectivity index (χ0v) is 10.2. The quantitative estimate of drug-likeness (QED) is 0.733. The Kier molecular flexibility index (Phi) is 3.96. The Labute approximate surface area is 88.8 Å². The third-order valence-corrected chi connectivity index (χ3v) is 3.26. The molecule has 0 amide bonds. The molecule has 14 heavy (non-hydrogen) atoms. The van der Waals surface area contributed by atoms with E-state index in [9.17, 15) is 0 Å². The van der Waals surface area contributed by atoms with Crippen LogP contribution in [0.5, 0.6) is 0 Å². The van der Waals surface area contributed by atoms with Crippen LogP contribution >= 0.6 is 0 Å². The second-order valence-corrected chi connectivity index (χ2v) is 5.65. The average molecular weight is 198 g/mol. The maximum absolute atomic E-state index is 5.89. The first-order chi connectivity index (χ1) is 6.49. The summed E-state index contributed by atoms with van der Waals surface area (Å²) < 4.78 is 0. The molecule has 0 saturated heterocycles. The van der Waals surface area contributed by atoms with Crippen molar-refractivity contribution in [3.8, 4) is 0 Å². The van der Waals surface area contributed by atoms with E-state index in [4.69, 9.17) is 5.73 Å². The first-order valence-electron chi connectivity index (χ1n) is 5.93. The number of nitrogens with two attached hydrogens (primary N) is 1. The van der Waals surface area contributed by atoms with E-state index in [1.165, 1.54) is 19.4 Å². The standard InChI is InChI=1S/C12H26N2/c1-5-14(9-10-6-7-10)11(8-13)12(2,3)4/h10-11H,5-9,13H2,1-4H3. The highest BCUT2D eigenvalue weighted by Gasteiger charge is 2.32. The van der Waals surface area contributed by atoms with Gasteiger partial charge in [-0.25, -0.2) is 0 Å². The molecule has 0 bridgehead atoms. The monoisotopic (exact) mass is 198 g/mol. The number of nitrogens with zero attached hydrogens (tertiary/aromatic N) is 1. The van der Waals surface area contributed by atoms with Gasteiger partial charge in [0.25, 0.3) is 0 Å². The highest BCUT2D eigenvalue weighted by atomic mass is 15.2. The smallest absolute Gasteiger partial charge is 0.0266 e. The van der Waals surface area contributed by atoms with Crippen molar-refractivity contribution in [3.05, 3.63) is 0 Å². The Bertz CT molecular complexity index is 168. The minimum absolute atomic E-state index is 0.305. The average Bonchev–Trinajstić information content (AvgIpc) is 2.85. The molecule has 2 nitrogen and oxygen atoms in total. The van der Waals surface area contributed by atoms with Crippen LogP contribution in [0.1, 0.15) is 40.5 Å². The van der Waals surface area contributed by atoms with Crippen molar-refractivity contribution < 1.29 is 0 Å². The van der Waals surface area contributed by atoms with Crippen molar-refractivity contribution in [1.29, 1.82) is 0 Å². The lowest BCUT2D eigenvalue weighted by Crippen LogP contribution is -2.49. The summed E-state index contributed by atoms with van der Waals surface area (Å²) in [5.41, 5.74) is 6.20. The van der Waals surface area contributed by atoms with Gasteiger partial charge in [0, 0.05) is 19.1 Å². The lowest BCUT2D eigenvalue weighted by Gasteiger charge is -2.39. The van der Waals surface area contributed by atoms with Gasteiger partial charge in [-0.15, -0.1) is 0 Å². The van der Waals surface area contributed by atoms with Crippen molar-refractivity contribution in [3.63, 3.8) is 0 Å². The molecular weight excluding hydrogens is 172 g/mol. The molecule has 2 heteroatoms. The SMILES string of the molecule is CCN(CC1CC1)C(CN)C(C)(C)C. The number of hydrogen-bond donors (Lipinski definition) is 1. The van der Waals surface area contributed by atoms with Gasteiger partial charge in [0.1, 0.15) is 0 Å². The van der Waals surface area contributed by atoms with Crippen LogP contribution in [0.3, 0.4) is 0 Å². The largest absolute Gasteiger partial charge is 0.329 e. The molecule has 1 rings (SSSR count). The highest BCUT2D eigenvalue weighted by molar-refractivity contribution is 4.87. The number of likely N-dealkylation sites (N-methyl/N-ethyl adjacent to an activating group) is 1. The fourth-order valence-electron chi connectivity index (χ4n) is 2.16. The Balaban J connectivity index is 2.53. The van der Waals surface area contributed by atoms with Gasteiger partial charge in [-0.1, -0.05) is 27.7 Å². The van der Waals surface area contributed by atoms with E-state index in [0.29, 0.717) is 11.5 Å². The fourth-order valence-corrected chi connectivity index (χ4v) is 2.16. The summed E-state index contributed by atoms with van der Waals surface area (Å²) in [5.74, 6) is 0.964. The molecule has 0 heterocycles. The minimum atomic E-state index is 0.305. The zero-order valence-electron chi connectivity index (χ0n) is 10.2. The van der Waals surface area contributed by atoms with Crippen molar-refractivity contribution >= 4 is 0 Å². The third-order valence-electron chi connectivity index (χ3n) is 3.26. The van der Waals surface area contributed by atoms with E-state index in [1.807, 2.05) is 0 Å². The van der Waals surface area contributed by atoms with Gasteiger partial charge in [-0.05, 0) is 30.7 Å². The maximum atomic E-state index is 5.89. The van der Waals surface area contributed by atoms with E-state index >= 15 is 0 Å². The molecule has 1 aliphatic rings. The van der Waals surface area contributed by atoms with E-state index in [0.717, 1.165) is 19.0 Å². The Hall–Kier alpha value is -0.0800. The molecule has 1 fully saturated rings. The van der Waals surface area contributed by atoms with Crippen LogP contribution in [-0.2, 0) is 0 Å². The predicted molar refractivity (Wildman–Crippen MR) is 62.3 cm³/mol. The highest BCUT2D eigenvalue weighted by Crippen LogP contribution is 2.32. The van der Waals surface area contributed by atoms with Gasteiger partial charge in [-0.3, -0.25) is 4.90 Å². The summed E-state index contributed by atoms with van der Waals surface area (Å²) in [4.78, 5) is 2.57. The van der Waals surface area contributed by atoms with Crippen LogP contribution in [0.4, 0.5) is 0 Å². The van der Waals surface area contributed by atoms with Gasteiger partial charge in [0.05, 0.1) is 0 Å². The molecule has 0 radical (unpaired) electrons. The van der Waals surface area contributed by atoms with Crippen molar-refractivity contribution in [2.45, 2.75) is 46.6 Å². The number of hydrogen-bond acceptors (Lipinski definition) is 2. The normalized spacial score (nSPS) is 20.1. The van der Waals surface area contributed by atoms with E-state index < -0.39 is 0 Å². The lowest BCUT2D eigenvalue weighted by atomic mass is 9.85. The molecule has 2 N–H and O–H groups in total. The summed E-state index contributed by atoms with van der Waals surface area (Å²) in [5, 5.41) is 0. The van der Waals surface area contributed by atoms with E-state index in [1.54, 1.807) is 0 Å². The van der Waals surface area contributed by atoms with Gasteiger partial charge in [-0.2, -0.15) is 0 Å². The Morgan fingerprint density at radius 1 is 1.36 bits per heavy atom. The van der Waals surface area contributed by atoms with E-state index in [2.05, 4.69) is 32.6 Å².